The molecule has 2 saturated heterocycles. The smallest absolute Gasteiger partial charge is 0.211 e. The lowest BCUT2D eigenvalue weighted by molar-refractivity contribution is 0.121. The summed E-state index contributed by atoms with van der Waals surface area (Å²) in [6.07, 6.45) is 0. The summed E-state index contributed by atoms with van der Waals surface area (Å²) in [7, 11) is -3.11. The predicted octanol–water partition coefficient (Wildman–Crippen LogP) is 0.283. The van der Waals surface area contributed by atoms with E-state index < -0.39 is 10.0 Å². The van der Waals surface area contributed by atoms with Crippen LogP contribution in [0.2, 0.25) is 0 Å². The molecular weight excluding hydrogens is 252 g/mol. The van der Waals surface area contributed by atoms with E-state index in [9.17, 15) is 8.42 Å². The molecule has 2 rings (SSSR count). The van der Waals surface area contributed by atoms with E-state index in [0.717, 1.165) is 19.7 Å². The second-order valence-corrected chi connectivity index (χ2v) is 7.92. The number of nitrogens with zero attached hydrogens (tertiary/aromatic N) is 1. The fourth-order valence-electron chi connectivity index (χ4n) is 2.87. The number of likely N-dealkylation sites (tertiary alicyclic amines) is 1. The van der Waals surface area contributed by atoms with Crippen molar-refractivity contribution >= 4 is 10.0 Å². The van der Waals surface area contributed by atoms with Crippen molar-refractivity contribution in [3.8, 4) is 0 Å². The first kappa shape index (κ1) is 14.2. The van der Waals surface area contributed by atoms with E-state index in [4.69, 9.17) is 4.74 Å². The summed E-state index contributed by atoms with van der Waals surface area (Å²) < 4.78 is 31.5. The highest BCUT2D eigenvalue weighted by Crippen LogP contribution is 2.41. The van der Waals surface area contributed by atoms with E-state index in [1.807, 2.05) is 0 Å². The molecule has 0 aromatic heterocycles. The van der Waals surface area contributed by atoms with Crippen LogP contribution in [-0.4, -0.2) is 58.0 Å². The molecule has 2 aliphatic rings. The summed E-state index contributed by atoms with van der Waals surface area (Å²) >= 11 is 0. The van der Waals surface area contributed by atoms with E-state index in [0.29, 0.717) is 25.1 Å². The van der Waals surface area contributed by atoms with Crippen LogP contribution in [0.5, 0.6) is 0 Å². The Labute approximate surface area is 110 Å². The molecule has 6 heteroatoms. The van der Waals surface area contributed by atoms with Crippen LogP contribution in [0.3, 0.4) is 0 Å². The van der Waals surface area contributed by atoms with Crippen LogP contribution in [0.25, 0.3) is 0 Å². The minimum Gasteiger partial charge on any atom is -0.380 e. The van der Waals surface area contributed by atoms with Gasteiger partial charge in [-0.1, -0.05) is 0 Å². The molecule has 2 heterocycles. The van der Waals surface area contributed by atoms with Crippen LogP contribution in [0.4, 0.5) is 0 Å². The van der Waals surface area contributed by atoms with Crippen molar-refractivity contribution < 1.29 is 13.2 Å². The molecule has 0 radical (unpaired) electrons. The zero-order valence-electron chi connectivity index (χ0n) is 11.5. The van der Waals surface area contributed by atoms with Gasteiger partial charge in [-0.3, -0.25) is 4.90 Å². The molecule has 2 atom stereocenters. The minimum atomic E-state index is -3.11. The van der Waals surface area contributed by atoms with Crippen molar-refractivity contribution in [1.29, 1.82) is 0 Å². The summed E-state index contributed by atoms with van der Waals surface area (Å²) in [5.74, 6) is 0.599. The van der Waals surface area contributed by atoms with Crippen molar-refractivity contribution in [3.63, 3.8) is 0 Å². The third-order valence-electron chi connectivity index (χ3n) is 4.30. The average Bonchev–Trinajstić information content (AvgIpc) is 2.83. The van der Waals surface area contributed by atoms with Gasteiger partial charge in [0, 0.05) is 37.0 Å². The first-order chi connectivity index (χ1) is 8.38. The van der Waals surface area contributed by atoms with Gasteiger partial charge in [-0.2, -0.15) is 0 Å². The maximum atomic E-state index is 11.6. The SMILES string of the molecule is CCS(=O)(=O)NC[C@@]12COC[C@H]1CN(C(C)C)C2. The Hall–Kier alpha value is -0.170. The molecule has 0 aromatic rings. The standard InChI is InChI=1S/C12H24N2O3S/c1-4-18(15,16)13-7-12-8-14(10(2)3)5-11(12)6-17-9-12/h10-11,13H,4-9H2,1-3H3/t11-,12-/m1/s1. The van der Waals surface area contributed by atoms with Crippen LogP contribution < -0.4 is 4.72 Å². The Bertz CT molecular complexity index is 396. The van der Waals surface area contributed by atoms with Gasteiger partial charge in [-0.15, -0.1) is 0 Å². The van der Waals surface area contributed by atoms with Crippen LogP contribution in [-0.2, 0) is 14.8 Å². The zero-order valence-corrected chi connectivity index (χ0v) is 12.3. The Morgan fingerprint density at radius 1 is 1.50 bits per heavy atom. The van der Waals surface area contributed by atoms with Crippen LogP contribution in [0, 0.1) is 11.3 Å². The van der Waals surface area contributed by atoms with Gasteiger partial charge in [0.25, 0.3) is 0 Å². The molecular formula is C12H24N2O3S. The summed E-state index contributed by atoms with van der Waals surface area (Å²) in [6, 6.07) is 0.509. The number of fused-ring (bicyclic) bond motifs is 1. The molecule has 0 spiro atoms. The maximum Gasteiger partial charge on any atom is 0.211 e. The third kappa shape index (κ3) is 2.71. The van der Waals surface area contributed by atoms with Crippen LogP contribution >= 0.6 is 0 Å². The Balaban J connectivity index is 2.04. The predicted molar refractivity (Wildman–Crippen MR) is 70.9 cm³/mol. The molecule has 0 aliphatic carbocycles. The normalized spacial score (nSPS) is 33.2. The van der Waals surface area contributed by atoms with Crippen LogP contribution in [0.1, 0.15) is 20.8 Å². The fourth-order valence-corrected chi connectivity index (χ4v) is 3.58. The van der Waals surface area contributed by atoms with Gasteiger partial charge in [0.1, 0.15) is 0 Å². The van der Waals surface area contributed by atoms with Gasteiger partial charge in [0.15, 0.2) is 0 Å². The van der Waals surface area contributed by atoms with E-state index in [1.165, 1.54) is 0 Å². The molecule has 0 saturated carbocycles. The number of rotatable bonds is 5. The second kappa shape index (κ2) is 5.07. The maximum absolute atomic E-state index is 11.6. The van der Waals surface area contributed by atoms with Crippen molar-refractivity contribution in [2.45, 2.75) is 26.8 Å². The lowest BCUT2D eigenvalue weighted by Crippen LogP contribution is -2.44. The first-order valence-corrected chi connectivity index (χ1v) is 8.33. The molecule has 5 nitrogen and oxygen atoms in total. The molecule has 0 aromatic carbocycles. The lowest BCUT2D eigenvalue weighted by atomic mass is 9.81. The van der Waals surface area contributed by atoms with Crippen molar-refractivity contribution in [2.75, 3.05) is 38.6 Å². The number of ether oxygens (including phenoxy) is 1. The molecule has 0 unspecified atom stereocenters. The lowest BCUT2D eigenvalue weighted by Gasteiger charge is -2.28. The molecule has 1 N–H and O–H groups in total. The summed E-state index contributed by atoms with van der Waals surface area (Å²) in [6.45, 7) is 9.93. The molecule has 2 fully saturated rings. The highest BCUT2D eigenvalue weighted by molar-refractivity contribution is 7.89. The number of hydrogen-bond acceptors (Lipinski definition) is 4. The average molecular weight is 276 g/mol. The molecule has 0 bridgehead atoms. The topological polar surface area (TPSA) is 58.6 Å². The minimum absolute atomic E-state index is 0.0213. The Morgan fingerprint density at radius 2 is 2.22 bits per heavy atom. The molecule has 18 heavy (non-hydrogen) atoms. The molecule has 2 aliphatic heterocycles. The third-order valence-corrected chi connectivity index (χ3v) is 5.65. The highest BCUT2D eigenvalue weighted by Gasteiger charge is 2.51. The Morgan fingerprint density at radius 3 is 2.83 bits per heavy atom. The van der Waals surface area contributed by atoms with E-state index in [1.54, 1.807) is 6.92 Å². The van der Waals surface area contributed by atoms with E-state index in [2.05, 4.69) is 23.5 Å². The summed E-state index contributed by atoms with van der Waals surface area (Å²) in [5, 5.41) is 0. The largest absolute Gasteiger partial charge is 0.380 e. The number of sulfonamides is 1. The van der Waals surface area contributed by atoms with Gasteiger partial charge in [-0.25, -0.2) is 13.1 Å². The van der Waals surface area contributed by atoms with Gasteiger partial charge in [-0.05, 0) is 20.8 Å². The monoisotopic (exact) mass is 276 g/mol. The van der Waals surface area contributed by atoms with Crippen LogP contribution in [0.15, 0.2) is 0 Å². The highest BCUT2D eigenvalue weighted by atomic mass is 32.2. The number of hydrogen-bond donors (Lipinski definition) is 1. The quantitative estimate of drug-likeness (QED) is 0.784. The summed E-state index contributed by atoms with van der Waals surface area (Å²) in [4.78, 5) is 2.42. The number of nitrogens with one attached hydrogen (secondary N) is 1. The van der Waals surface area contributed by atoms with Gasteiger partial charge >= 0.3 is 0 Å². The van der Waals surface area contributed by atoms with E-state index >= 15 is 0 Å². The molecule has 0 amide bonds. The van der Waals surface area contributed by atoms with Gasteiger partial charge in [0.2, 0.25) is 10.0 Å². The fraction of sp³-hybridized carbons (Fsp3) is 1.00. The second-order valence-electron chi connectivity index (χ2n) is 5.82. The van der Waals surface area contributed by atoms with Gasteiger partial charge in [0.05, 0.1) is 19.0 Å². The zero-order chi connectivity index (χ0) is 13.4. The Kier molecular flexibility index (Phi) is 4.02. The van der Waals surface area contributed by atoms with Crippen molar-refractivity contribution in [1.82, 2.24) is 9.62 Å². The van der Waals surface area contributed by atoms with Crippen molar-refractivity contribution in [3.05, 3.63) is 0 Å². The first-order valence-electron chi connectivity index (χ1n) is 6.68. The van der Waals surface area contributed by atoms with Gasteiger partial charge < -0.3 is 4.74 Å². The van der Waals surface area contributed by atoms with E-state index in [-0.39, 0.29) is 11.2 Å². The molecule has 106 valence electrons. The van der Waals surface area contributed by atoms with Crippen molar-refractivity contribution in [2.24, 2.45) is 11.3 Å². The summed E-state index contributed by atoms with van der Waals surface area (Å²) in [5.41, 5.74) is -0.0213.